The predicted octanol–water partition coefficient (Wildman–Crippen LogP) is -2.25. The van der Waals surface area contributed by atoms with E-state index in [0.29, 0.717) is 0 Å². The number of sulfone groups is 1. The first kappa shape index (κ1) is 14.6. The summed E-state index contributed by atoms with van der Waals surface area (Å²) in [4.78, 5) is 10.9. The number of carbonyl (C=O) groups is 1. The van der Waals surface area contributed by atoms with E-state index in [4.69, 9.17) is 0 Å². The van der Waals surface area contributed by atoms with Gasteiger partial charge in [0.25, 0.3) is 0 Å². The minimum Gasteiger partial charge on any atom is -1.00 e. The van der Waals surface area contributed by atoms with Crippen molar-refractivity contribution in [3.8, 4) is 0 Å². The summed E-state index contributed by atoms with van der Waals surface area (Å²) >= 11 is 0. The average molecular weight is 238 g/mol. The number of hydrogen-bond donors (Lipinski definition) is 0. The minimum absolute atomic E-state index is 0. The number of rotatable bonds is 3. The molecular weight excluding hydrogens is 227 g/mol. The summed E-state index contributed by atoms with van der Waals surface area (Å²) in [6.45, 7) is 0. The third-order valence-electron chi connectivity index (χ3n) is 1.64. The quantitative estimate of drug-likeness (QED) is 0.441. The Bertz CT molecular complexity index is 418. The van der Waals surface area contributed by atoms with Crippen LogP contribution in [0.25, 0.3) is 0 Å². The summed E-state index contributed by atoms with van der Waals surface area (Å²) in [5.74, 6) is -1.37. The van der Waals surface area contributed by atoms with Gasteiger partial charge >= 0.3 is 35.5 Å². The first-order valence-electron chi connectivity index (χ1n) is 3.91. The summed E-state index contributed by atoms with van der Waals surface area (Å²) in [6.07, 6.45) is 0. The molecule has 0 aliphatic carbocycles. The number of methoxy groups -OCH3 is 1. The molecule has 1 aromatic rings. The molecule has 6 heteroatoms. The van der Waals surface area contributed by atoms with E-state index < -0.39 is 21.6 Å². The number of esters is 1. The van der Waals surface area contributed by atoms with Crippen LogP contribution in [0.2, 0.25) is 0 Å². The fraction of sp³-hybridized carbons (Fsp3) is 0.222. The van der Waals surface area contributed by atoms with Crippen molar-refractivity contribution in [2.45, 2.75) is 4.90 Å². The van der Waals surface area contributed by atoms with Crippen LogP contribution in [0.1, 0.15) is 1.43 Å². The number of carbonyl (C=O) groups excluding carboxylic acids is 1. The Kier molecular flexibility index (Phi) is 6.12. The van der Waals surface area contributed by atoms with E-state index >= 15 is 0 Å². The Hall–Kier alpha value is -0.360. The molecule has 0 saturated heterocycles. The first-order chi connectivity index (χ1) is 6.56. The summed E-state index contributed by atoms with van der Waals surface area (Å²) in [5.41, 5.74) is 0. The monoisotopic (exact) mass is 238 g/mol. The summed E-state index contributed by atoms with van der Waals surface area (Å²) in [6, 6.07) is 7.79. The molecule has 0 radical (unpaired) electrons. The molecule has 0 saturated carbocycles. The number of benzene rings is 1. The van der Waals surface area contributed by atoms with Crippen LogP contribution in [0.5, 0.6) is 0 Å². The Morgan fingerprint density at radius 2 is 1.87 bits per heavy atom. The smallest absolute Gasteiger partial charge is 1.00 e. The van der Waals surface area contributed by atoms with Gasteiger partial charge < -0.3 is 6.16 Å². The Balaban J connectivity index is 0. The van der Waals surface area contributed by atoms with Gasteiger partial charge in [-0.1, -0.05) is 18.2 Å². The van der Waals surface area contributed by atoms with Crippen molar-refractivity contribution < 1.29 is 48.9 Å². The van der Waals surface area contributed by atoms with Crippen LogP contribution >= 0.6 is 0 Å². The Morgan fingerprint density at radius 3 is 2.33 bits per heavy atom. The van der Waals surface area contributed by atoms with E-state index in [0.717, 1.165) is 7.11 Å². The third kappa shape index (κ3) is 4.34. The fourth-order valence-corrected chi connectivity index (χ4v) is 2.09. The van der Waals surface area contributed by atoms with Gasteiger partial charge in [-0.15, -0.1) is 0 Å². The fourth-order valence-electron chi connectivity index (χ4n) is 0.925. The van der Waals surface area contributed by atoms with Gasteiger partial charge in [0.05, 0.1) is 12.0 Å². The molecule has 0 fully saturated rings. The second-order valence-electron chi connectivity index (χ2n) is 2.65. The topological polar surface area (TPSA) is 60.4 Å². The standard InChI is InChI=1S/C9H10O4S.Na.H/c1-13-9(10)7-14(11,12)8-5-3-2-4-6-8;;/h2-6H,7H2,1H3;;/q;+1;-1. The van der Waals surface area contributed by atoms with Crippen molar-refractivity contribution in [1.29, 1.82) is 0 Å². The van der Waals surface area contributed by atoms with Crippen molar-refractivity contribution in [2.24, 2.45) is 0 Å². The van der Waals surface area contributed by atoms with E-state index in [1.165, 1.54) is 12.1 Å². The van der Waals surface area contributed by atoms with Gasteiger partial charge in [0.1, 0.15) is 0 Å². The van der Waals surface area contributed by atoms with Gasteiger partial charge in [0.2, 0.25) is 0 Å². The van der Waals surface area contributed by atoms with Crippen molar-refractivity contribution in [2.75, 3.05) is 12.9 Å². The maximum Gasteiger partial charge on any atom is 1.00 e. The molecule has 1 aromatic carbocycles. The van der Waals surface area contributed by atoms with Gasteiger partial charge in [0, 0.05) is 0 Å². The van der Waals surface area contributed by atoms with Crippen LogP contribution in [0, 0.1) is 0 Å². The van der Waals surface area contributed by atoms with Gasteiger partial charge in [-0.25, -0.2) is 8.42 Å². The van der Waals surface area contributed by atoms with Crippen molar-refractivity contribution in [3.63, 3.8) is 0 Å². The largest absolute Gasteiger partial charge is 1.00 e. The zero-order valence-corrected chi connectivity index (χ0v) is 11.5. The first-order valence-corrected chi connectivity index (χ1v) is 5.56. The SMILES string of the molecule is COC(=O)CS(=O)(=O)c1ccccc1.[H-].[Na+]. The molecule has 0 unspecified atom stereocenters. The van der Waals surface area contributed by atoms with Gasteiger partial charge in [-0.05, 0) is 12.1 Å². The van der Waals surface area contributed by atoms with Crippen molar-refractivity contribution >= 4 is 15.8 Å². The van der Waals surface area contributed by atoms with Crippen LogP contribution in [0.4, 0.5) is 0 Å². The summed E-state index contributed by atoms with van der Waals surface area (Å²) in [7, 11) is -2.39. The van der Waals surface area contributed by atoms with Crippen LogP contribution in [0.3, 0.4) is 0 Å². The maximum atomic E-state index is 11.5. The van der Waals surface area contributed by atoms with E-state index in [1.54, 1.807) is 18.2 Å². The van der Waals surface area contributed by atoms with Gasteiger partial charge in [0.15, 0.2) is 15.6 Å². The van der Waals surface area contributed by atoms with E-state index in [2.05, 4.69) is 4.74 Å². The van der Waals surface area contributed by atoms with Crippen molar-refractivity contribution in [3.05, 3.63) is 30.3 Å². The Labute approximate surface area is 112 Å². The van der Waals surface area contributed by atoms with Crippen LogP contribution in [-0.4, -0.2) is 27.2 Å². The van der Waals surface area contributed by atoms with Gasteiger partial charge in [-0.2, -0.15) is 0 Å². The normalized spacial score (nSPS) is 10.2. The van der Waals surface area contributed by atoms with Gasteiger partial charge in [-0.3, -0.25) is 4.79 Å². The number of hydrogen-bond acceptors (Lipinski definition) is 4. The average Bonchev–Trinajstić information content (AvgIpc) is 2.18. The van der Waals surface area contributed by atoms with Crippen LogP contribution in [-0.2, 0) is 19.4 Å². The molecule has 1 rings (SSSR count). The second kappa shape index (κ2) is 6.27. The third-order valence-corrected chi connectivity index (χ3v) is 3.24. The second-order valence-corrected chi connectivity index (χ2v) is 4.64. The molecular formula is C9H11NaO4S. The molecule has 15 heavy (non-hydrogen) atoms. The molecule has 0 aliphatic rings. The molecule has 0 amide bonds. The molecule has 0 atom stereocenters. The van der Waals surface area contributed by atoms with Crippen LogP contribution in [0.15, 0.2) is 35.2 Å². The van der Waals surface area contributed by atoms with Crippen molar-refractivity contribution in [1.82, 2.24) is 0 Å². The maximum absolute atomic E-state index is 11.5. The molecule has 0 aromatic heterocycles. The molecule has 0 spiro atoms. The molecule has 78 valence electrons. The Morgan fingerprint density at radius 1 is 1.33 bits per heavy atom. The molecule has 0 aliphatic heterocycles. The minimum atomic E-state index is -3.55. The molecule has 0 bridgehead atoms. The van der Waals surface area contributed by atoms with E-state index in [-0.39, 0.29) is 35.9 Å². The molecule has 4 nitrogen and oxygen atoms in total. The zero-order valence-electron chi connectivity index (χ0n) is 9.64. The molecule has 0 heterocycles. The number of ether oxygens (including phenoxy) is 1. The summed E-state index contributed by atoms with van der Waals surface area (Å²) < 4.78 is 27.3. The summed E-state index contributed by atoms with van der Waals surface area (Å²) in [5, 5.41) is 0. The predicted molar refractivity (Wildman–Crippen MR) is 51.6 cm³/mol. The zero-order chi connectivity index (χ0) is 10.6. The van der Waals surface area contributed by atoms with Crippen LogP contribution < -0.4 is 29.6 Å². The molecule has 0 N–H and O–H groups in total. The van der Waals surface area contributed by atoms with E-state index in [1.807, 2.05) is 0 Å². The van der Waals surface area contributed by atoms with E-state index in [9.17, 15) is 13.2 Å².